The predicted octanol–water partition coefficient (Wildman–Crippen LogP) is 0.555. The molecule has 0 spiro atoms. The molecule has 0 heterocycles. The number of benzene rings is 1. The molecule has 0 saturated carbocycles. The molecule has 1 atom stereocenters. The zero-order chi connectivity index (χ0) is 10.6. The summed E-state index contributed by atoms with van der Waals surface area (Å²) in [5.74, 6) is -1.01. The van der Waals surface area contributed by atoms with Gasteiger partial charge in [0.15, 0.2) is 0 Å². The van der Waals surface area contributed by atoms with Crippen molar-refractivity contribution in [1.29, 1.82) is 0 Å². The number of rotatable bonds is 4. The van der Waals surface area contributed by atoms with Gasteiger partial charge in [-0.2, -0.15) is 0 Å². The number of carboxylic acid groups (broad SMARTS) is 1. The highest BCUT2D eigenvalue weighted by Crippen LogP contribution is 2.07. The second-order valence-corrected chi connectivity index (χ2v) is 3.13. The van der Waals surface area contributed by atoms with Crippen molar-refractivity contribution in [2.75, 3.05) is 0 Å². The lowest BCUT2D eigenvalue weighted by atomic mass is 10.0. The number of hydrogen-bond acceptors (Lipinski definition) is 3. The van der Waals surface area contributed by atoms with Crippen LogP contribution >= 0.6 is 12.4 Å². The largest absolute Gasteiger partial charge is 0.480 e. The maximum absolute atomic E-state index is 10.5. The Bertz CT molecular complexity index is 330. The third-order valence-electron chi connectivity index (χ3n) is 1.95. The maximum atomic E-state index is 10.5. The summed E-state index contributed by atoms with van der Waals surface area (Å²) in [6.45, 7) is -0.0455. The third kappa shape index (κ3) is 4.29. The molecule has 4 nitrogen and oxygen atoms in total. The Morgan fingerprint density at radius 3 is 2.53 bits per heavy atom. The van der Waals surface area contributed by atoms with E-state index in [0.717, 1.165) is 11.1 Å². The van der Waals surface area contributed by atoms with Gasteiger partial charge in [0.05, 0.1) is 6.61 Å². The van der Waals surface area contributed by atoms with Crippen molar-refractivity contribution in [3.63, 3.8) is 0 Å². The molecule has 84 valence electrons. The van der Waals surface area contributed by atoms with Crippen molar-refractivity contribution >= 4 is 18.4 Å². The number of nitrogens with two attached hydrogens (primary N) is 1. The number of aliphatic hydroxyl groups is 1. The summed E-state index contributed by atoms with van der Waals surface area (Å²) in [5, 5.41) is 17.5. The fraction of sp³-hybridized carbons (Fsp3) is 0.300. The van der Waals surface area contributed by atoms with Crippen LogP contribution in [0.2, 0.25) is 0 Å². The van der Waals surface area contributed by atoms with E-state index in [1.807, 2.05) is 0 Å². The SMILES string of the molecule is Cl.NC(Cc1cccc(CO)c1)C(=O)O. The quantitative estimate of drug-likeness (QED) is 0.707. The third-order valence-corrected chi connectivity index (χ3v) is 1.95. The smallest absolute Gasteiger partial charge is 0.320 e. The summed E-state index contributed by atoms with van der Waals surface area (Å²) in [4.78, 5) is 10.5. The minimum atomic E-state index is -1.01. The van der Waals surface area contributed by atoms with E-state index < -0.39 is 12.0 Å². The Kier molecular flexibility index (Phi) is 5.93. The van der Waals surface area contributed by atoms with Crippen LogP contribution in [-0.4, -0.2) is 22.2 Å². The van der Waals surface area contributed by atoms with Crippen molar-refractivity contribution in [2.24, 2.45) is 5.73 Å². The van der Waals surface area contributed by atoms with Gasteiger partial charge < -0.3 is 15.9 Å². The van der Waals surface area contributed by atoms with Gasteiger partial charge in [-0.25, -0.2) is 0 Å². The first-order chi connectivity index (χ1) is 6.63. The Morgan fingerprint density at radius 1 is 1.40 bits per heavy atom. The summed E-state index contributed by atoms with van der Waals surface area (Å²) in [6, 6.07) is 6.21. The highest BCUT2D eigenvalue weighted by atomic mass is 35.5. The molecule has 1 rings (SSSR count). The van der Waals surface area contributed by atoms with E-state index >= 15 is 0 Å². The van der Waals surface area contributed by atoms with Crippen molar-refractivity contribution < 1.29 is 15.0 Å². The molecule has 0 saturated heterocycles. The molecule has 0 amide bonds. The van der Waals surface area contributed by atoms with Gasteiger partial charge in [0, 0.05) is 0 Å². The van der Waals surface area contributed by atoms with E-state index in [1.54, 1.807) is 24.3 Å². The molecule has 1 aromatic rings. The number of halogens is 1. The summed E-state index contributed by atoms with van der Waals surface area (Å²) in [5.41, 5.74) is 6.97. The monoisotopic (exact) mass is 231 g/mol. The van der Waals surface area contributed by atoms with Crippen LogP contribution in [0.15, 0.2) is 24.3 Å². The maximum Gasteiger partial charge on any atom is 0.320 e. The molecule has 0 bridgehead atoms. The number of aliphatic hydroxyl groups excluding tert-OH is 1. The van der Waals surface area contributed by atoms with Crippen LogP contribution in [0, 0.1) is 0 Å². The van der Waals surface area contributed by atoms with E-state index in [-0.39, 0.29) is 25.4 Å². The molecule has 1 aromatic carbocycles. The first-order valence-electron chi connectivity index (χ1n) is 4.30. The Balaban J connectivity index is 0.00000196. The van der Waals surface area contributed by atoms with Gasteiger partial charge in [0.1, 0.15) is 6.04 Å². The topological polar surface area (TPSA) is 83.5 Å². The van der Waals surface area contributed by atoms with Crippen molar-refractivity contribution in [3.8, 4) is 0 Å². The predicted molar refractivity (Wildman–Crippen MR) is 58.9 cm³/mol. The van der Waals surface area contributed by atoms with Crippen molar-refractivity contribution in [3.05, 3.63) is 35.4 Å². The highest BCUT2D eigenvalue weighted by Gasteiger charge is 2.11. The highest BCUT2D eigenvalue weighted by molar-refractivity contribution is 5.85. The van der Waals surface area contributed by atoms with Gasteiger partial charge in [0.25, 0.3) is 0 Å². The first kappa shape index (κ1) is 13.9. The average molecular weight is 232 g/mol. The van der Waals surface area contributed by atoms with Gasteiger partial charge >= 0.3 is 5.97 Å². The minimum Gasteiger partial charge on any atom is -0.480 e. The summed E-state index contributed by atoms with van der Waals surface area (Å²) < 4.78 is 0. The summed E-state index contributed by atoms with van der Waals surface area (Å²) in [6.07, 6.45) is 0.281. The molecule has 15 heavy (non-hydrogen) atoms. The molecule has 0 radical (unpaired) electrons. The molecule has 0 aliphatic heterocycles. The fourth-order valence-electron chi connectivity index (χ4n) is 1.20. The normalized spacial score (nSPS) is 11.6. The van der Waals surface area contributed by atoms with Crippen LogP contribution in [-0.2, 0) is 17.8 Å². The fourth-order valence-corrected chi connectivity index (χ4v) is 1.20. The van der Waals surface area contributed by atoms with Crippen molar-refractivity contribution in [2.45, 2.75) is 19.1 Å². The van der Waals surface area contributed by atoms with E-state index in [4.69, 9.17) is 15.9 Å². The molecule has 0 fully saturated rings. The molecule has 0 aromatic heterocycles. The van der Waals surface area contributed by atoms with Crippen LogP contribution in [0.25, 0.3) is 0 Å². The lowest BCUT2D eigenvalue weighted by molar-refractivity contribution is -0.138. The standard InChI is InChI=1S/C10H13NO3.ClH/c11-9(10(13)14)5-7-2-1-3-8(4-7)6-12;/h1-4,9,12H,5-6,11H2,(H,13,14);1H. The zero-order valence-electron chi connectivity index (χ0n) is 8.09. The Morgan fingerprint density at radius 2 is 2.00 bits per heavy atom. The molecule has 4 N–H and O–H groups in total. The van der Waals surface area contributed by atoms with Crippen LogP contribution in [0.3, 0.4) is 0 Å². The second kappa shape index (κ2) is 6.40. The van der Waals surface area contributed by atoms with Gasteiger partial charge in [0.2, 0.25) is 0 Å². The molecular weight excluding hydrogens is 218 g/mol. The summed E-state index contributed by atoms with van der Waals surface area (Å²) >= 11 is 0. The van der Waals surface area contributed by atoms with Gasteiger partial charge in [-0.3, -0.25) is 4.79 Å². The minimum absolute atomic E-state index is 0. The number of hydrogen-bond donors (Lipinski definition) is 3. The molecule has 1 unspecified atom stereocenters. The van der Waals surface area contributed by atoms with Crippen LogP contribution in [0.4, 0.5) is 0 Å². The van der Waals surface area contributed by atoms with Crippen LogP contribution in [0.5, 0.6) is 0 Å². The Hall–Kier alpha value is -1.10. The van der Waals surface area contributed by atoms with E-state index in [1.165, 1.54) is 0 Å². The average Bonchev–Trinajstić information content (AvgIpc) is 2.18. The summed E-state index contributed by atoms with van der Waals surface area (Å²) in [7, 11) is 0. The van der Waals surface area contributed by atoms with Crippen molar-refractivity contribution in [1.82, 2.24) is 0 Å². The van der Waals surface area contributed by atoms with E-state index in [9.17, 15) is 4.79 Å². The lowest BCUT2D eigenvalue weighted by Gasteiger charge is -2.07. The molecule has 0 aliphatic rings. The zero-order valence-corrected chi connectivity index (χ0v) is 8.91. The van der Waals surface area contributed by atoms with E-state index in [0.29, 0.717) is 0 Å². The van der Waals surface area contributed by atoms with Gasteiger partial charge in [-0.15, -0.1) is 12.4 Å². The molecule has 5 heteroatoms. The first-order valence-corrected chi connectivity index (χ1v) is 4.30. The van der Waals surface area contributed by atoms with Gasteiger partial charge in [-0.1, -0.05) is 24.3 Å². The number of carbonyl (C=O) groups is 1. The molecule has 0 aliphatic carbocycles. The second-order valence-electron chi connectivity index (χ2n) is 3.13. The number of carboxylic acids is 1. The lowest BCUT2D eigenvalue weighted by Crippen LogP contribution is -2.32. The van der Waals surface area contributed by atoms with Crippen LogP contribution in [0.1, 0.15) is 11.1 Å². The van der Waals surface area contributed by atoms with E-state index in [2.05, 4.69) is 0 Å². The number of aliphatic carboxylic acids is 1. The Labute approximate surface area is 94.1 Å². The van der Waals surface area contributed by atoms with Gasteiger partial charge in [-0.05, 0) is 17.5 Å². The van der Waals surface area contributed by atoms with Crippen LogP contribution < -0.4 is 5.73 Å². The molecular formula is C10H14ClNO3.